The average molecular weight is 250 g/mol. The highest BCUT2D eigenvalue weighted by Crippen LogP contribution is 2.46. The van der Waals surface area contributed by atoms with Gasteiger partial charge in [0, 0.05) is 13.1 Å². The van der Waals surface area contributed by atoms with Crippen molar-refractivity contribution in [2.75, 3.05) is 23.3 Å². The molecular formula is C16H14N2O. The Morgan fingerprint density at radius 3 is 2.74 bits per heavy atom. The molecule has 19 heavy (non-hydrogen) atoms. The zero-order chi connectivity index (χ0) is 12.8. The van der Waals surface area contributed by atoms with Gasteiger partial charge in [0.05, 0.1) is 17.3 Å². The first-order chi connectivity index (χ1) is 9.36. The summed E-state index contributed by atoms with van der Waals surface area (Å²) in [5.74, 6) is 0.0613. The summed E-state index contributed by atoms with van der Waals surface area (Å²) < 4.78 is 0. The molecule has 0 bridgehead atoms. The van der Waals surface area contributed by atoms with Crippen LogP contribution in [0, 0.1) is 0 Å². The molecule has 1 amide bonds. The van der Waals surface area contributed by atoms with Gasteiger partial charge in [-0.15, -0.1) is 0 Å². The van der Waals surface area contributed by atoms with Crippen molar-refractivity contribution in [1.29, 1.82) is 0 Å². The van der Waals surface area contributed by atoms with E-state index in [1.807, 2.05) is 47.4 Å². The maximum absolute atomic E-state index is 12.7. The zero-order valence-corrected chi connectivity index (χ0v) is 10.5. The molecule has 0 radical (unpaired) electrons. The molecule has 1 N–H and O–H groups in total. The van der Waals surface area contributed by atoms with Crippen molar-refractivity contribution in [3.63, 3.8) is 0 Å². The SMILES string of the molecule is O=C1C(c2ccccc2)c2cccc3c2N1CCN3. The Kier molecular flexibility index (Phi) is 2.15. The van der Waals surface area contributed by atoms with Crippen molar-refractivity contribution in [2.45, 2.75) is 5.92 Å². The van der Waals surface area contributed by atoms with Crippen LogP contribution in [0.1, 0.15) is 17.0 Å². The van der Waals surface area contributed by atoms with Crippen LogP contribution in [0.5, 0.6) is 0 Å². The quantitative estimate of drug-likeness (QED) is 0.843. The van der Waals surface area contributed by atoms with Crippen molar-refractivity contribution in [2.24, 2.45) is 0 Å². The van der Waals surface area contributed by atoms with E-state index in [2.05, 4.69) is 11.4 Å². The first-order valence-electron chi connectivity index (χ1n) is 6.59. The van der Waals surface area contributed by atoms with Crippen LogP contribution in [-0.2, 0) is 4.79 Å². The average Bonchev–Trinajstić information content (AvgIpc) is 2.76. The summed E-state index contributed by atoms with van der Waals surface area (Å²) in [5.41, 5.74) is 4.36. The summed E-state index contributed by atoms with van der Waals surface area (Å²) in [6, 6.07) is 16.2. The van der Waals surface area contributed by atoms with Gasteiger partial charge in [0.1, 0.15) is 0 Å². The third-order valence-electron chi connectivity index (χ3n) is 3.94. The van der Waals surface area contributed by atoms with Crippen LogP contribution in [0.4, 0.5) is 11.4 Å². The molecule has 0 saturated heterocycles. The Balaban J connectivity index is 1.93. The molecule has 2 aromatic rings. The molecule has 4 rings (SSSR count). The lowest BCUT2D eigenvalue weighted by Gasteiger charge is -2.26. The van der Waals surface area contributed by atoms with E-state index in [0.717, 1.165) is 35.6 Å². The lowest BCUT2D eigenvalue weighted by molar-refractivity contribution is -0.118. The third kappa shape index (κ3) is 1.41. The number of hydrogen-bond acceptors (Lipinski definition) is 2. The Hall–Kier alpha value is -2.29. The number of rotatable bonds is 1. The van der Waals surface area contributed by atoms with Crippen LogP contribution in [-0.4, -0.2) is 19.0 Å². The van der Waals surface area contributed by atoms with E-state index in [-0.39, 0.29) is 11.8 Å². The molecule has 1 unspecified atom stereocenters. The van der Waals surface area contributed by atoms with Crippen LogP contribution < -0.4 is 10.2 Å². The van der Waals surface area contributed by atoms with Gasteiger partial charge in [-0.2, -0.15) is 0 Å². The largest absolute Gasteiger partial charge is 0.382 e. The topological polar surface area (TPSA) is 32.3 Å². The van der Waals surface area contributed by atoms with E-state index in [1.54, 1.807) is 0 Å². The molecule has 2 aliphatic rings. The van der Waals surface area contributed by atoms with Crippen molar-refractivity contribution in [3.8, 4) is 0 Å². The van der Waals surface area contributed by atoms with Crippen molar-refractivity contribution >= 4 is 17.3 Å². The Bertz CT molecular complexity index is 651. The maximum atomic E-state index is 12.7. The fourth-order valence-electron chi connectivity index (χ4n) is 3.13. The normalized spacial score (nSPS) is 20.1. The van der Waals surface area contributed by atoms with Gasteiger partial charge >= 0.3 is 0 Å². The van der Waals surface area contributed by atoms with Gasteiger partial charge in [-0.25, -0.2) is 0 Å². The predicted octanol–water partition coefficient (Wildman–Crippen LogP) is 2.59. The molecule has 3 heteroatoms. The predicted molar refractivity (Wildman–Crippen MR) is 75.6 cm³/mol. The van der Waals surface area contributed by atoms with Gasteiger partial charge in [-0.3, -0.25) is 4.79 Å². The fraction of sp³-hybridized carbons (Fsp3) is 0.188. The highest BCUT2D eigenvalue weighted by atomic mass is 16.2. The van der Waals surface area contributed by atoms with E-state index in [9.17, 15) is 4.79 Å². The first kappa shape index (κ1) is 10.6. The lowest BCUT2D eigenvalue weighted by Crippen LogP contribution is -2.36. The Morgan fingerprint density at radius 2 is 1.89 bits per heavy atom. The number of nitrogens with one attached hydrogen (secondary N) is 1. The van der Waals surface area contributed by atoms with Gasteiger partial charge in [0.15, 0.2) is 0 Å². The number of anilines is 2. The molecular weight excluding hydrogens is 236 g/mol. The minimum absolute atomic E-state index is 0.143. The molecule has 0 aromatic heterocycles. The van der Waals surface area contributed by atoms with Gasteiger partial charge < -0.3 is 10.2 Å². The number of benzene rings is 2. The number of hydrogen-bond donors (Lipinski definition) is 1. The van der Waals surface area contributed by atoms with E-state index >= 15 is 0 Å². The molecule has 0 spiro atoms. The van der Waals surface area contributed by atoms with Crippen LogP contribution in [0.15, 0.2) is 48.5 Å². The van der Waals surface area contributed by atoms with E-state index in [0.29, 0.717) is 0 Å². The van der Waals surface area contributed by atoms with Crippen LogP contribution >= 0.6 is 0 Å². The molecule has 0 fully saturated rings. The summed E-state index contributed by atoms with van der Waals surface area (Å²) in [6.07, 6.45) is 0. The molecule has 0 saturated carbocycles. The smallest absolute Gasteiger partial charge is 0.239 e. The minimum Gasteiger partial charge on any atom is -0.382 e. The van der Waals surface area contributed by atoms with Crippen molar-refractivity contribution < 1.29 is 4.79 Å². The summed E-state index contributed by atoms with van der Waals surface area (Å²) in [6.45, 7) is 1.58. The van der Waals surface area contributed by atoms with Crippen LogP contribution in [0.2, 0.25) is 0 Å². The number of amides is 1. The zero-order valence-electron chi connectivity index (χ0n) is 10.5. The standard InChI is InChI=1S/C16H14N2O/c19-16-14(11-5-2-1-3-6-11)12-7-4-8-13-15(12)18(16)10-9-17-13/h1-8,14,17H,9-10H2. The highest BCUT2D eigenvalue weighted by Gasteiger charge is 2.40. The molecule has 0 aliphatic carbocycles. The number of nitrogens with zero attached hydrogens (tertiary/aromatic N) is 1. The van der Waals surface area contributed by atoms with Crippen LogP contribution in [0.3, 0.4) is 0 Å². The van der Waals surface area contributed by atoms with Crippen molar-refractivity contribution in [3.05, 3.63) is 59.7 Å². The summed E-state index contributed by atoms with van der Waals surface area (Å²) >= 11 is 0. The number of carbonyl (C=O) groups excluding carboxylic acids is 1. The molecule has 2 aromatic carbocycles. The maximum Gasteiger partial charge on any atom is 0.239 e. The molecule has 1 atom stereocenters. The monoisotopic (exact) mass is 250 g/mol. The van der Waals surface area contributed by atoms with E-state index in [4.69, 9.17) is 0 Å². The Labute approximate surface area is 111 Å². The second kappa shape index (κ2) is 3.85. The second-order valence-corrected chi connectivity index (χ2v) is 5.00. The second-order valence-electron chi connectivity index (χ2n) is 5.00. The van der Waals surface area contributed by atoms with Gasteiger partial charge in [0.2, 0.25) is 5.91 Å². The number of para-hydroxylation sites is 1. The molecule has 94 valence electrons. The van der Waals surface area contributed by atoms with Gasteiger partial charge in [-0.1, -0.05) is 42.5 Å². The Morgan fingerprint density at radius 1 is 1.05 bits per heavy atom. The molecule has 2 aliphatic heterocycles. The third-order valence-corrected chi connectivity index (χ3v) is 3.94. The minimum atomic E-state index is -0.143. The molecule has 3 nitrogen and oxygen atoms in total. The van der Waals surface area contributed by atoms with Crippen molar-refractivity contribution in [1.82, 2.24) is 0 Å². The summed E-state index contributed by atoms with van der Waals surface area (Å²) in [4.78, 5) is 14.6. The van der Waals surface area contributed by atoms with E-state index in [1.165, 1.54) is 0 Å². The first-order valence-corrected chi connectivity index (χ1v) is 6.59. The summed E-state index contributed by atoms with van der Waals surface area (Å²) in [5, 5.41) is 3.37. The highest BCUT2D eigenvalue weighted by molar-refractivity contribution is 6.10. The summed E-state index contributed by atoms with van der Waals surface area (Å²) in [7, 11) is 0. The fourth-order valence-corrected chi connectivity index (χ4v) is 3.13. The van der Waals surface area contributed by atoms with Gasteiger partial charge in [0.25, 0.3) is 0 Å². The number of carbonyl (C=O) groups is 1. The van der Waals surface area contributed by atoms with E-state index < -0.39 is 0 Å². The van der Waals surface area contributed by atoms with Gasteiger partial charge in [-0.05, 0) is 17.2 Å². The van der Waals surface area contributed by atoms with Crippen LogP contribution in [0.25, 0.3) is 0 Å². The lowest BCUT2D eigenvalue weighted by atomic mass is 9.92. The molecule has 2 heterocycles.